The van der Waals surface area contributed by atoms with Crippen LogP contribution in [0.25, 0.3) is 0 Å². The third kappa shape index (κ3) is 3.10. The molecule has 1 aromatic rings. The predicted octanol–water partition coefficient (Wildman–Crippen LogP) is 2.70. The first kappa shape index (κ1) is 15.2. The highest BCUT2D eigenvalue weighted by Gasteiger charge is 2.33. The van der Waals surface area contributed by atoms with Crippen LogP contribution in [-0.4, -0.2) is 31.6 Å². The Bertz CT molecular complexity index is 603. The van der Waals surface area contributed by atoms with Crippen LogP contribution >= 0.6 is 0 Å². The van der Waals surface area contributed by atoms with E-state index >= 15 is 0 Å². The molecule has 5 heteroatoms. The standard InChI is InChI=1S/C15H21NO3S/c1-12(17)13-5-7-14(8-6-13)20(18,19)16-10-4-9-15(2,3)11-16/h5-8H,4,9-11H2,1-3H3. The van der Waals surface area contributed by atoms with Crippen LogP contribution < -0.4 is 0 Å². The van der Waals surface area contributed by atoms with Crippen LogP contribution in [0.2, 0.25) is 0 Å². The van der Waals surface area contributed by atoms with Crippen molar-refractivity contribution in [2.45, 2.75) is 38.5 Å². The summed E-state index contributed by atoms with van der Waals surface area (Å²) in [5, 5.41) is 0. The second-order valence-corrected chi connectivity index (χ2v) is 8.12. The number of ketones is 1. The predicted molar refractivity (Wildman–Crippen MR) is 78.2 cm³/mol. The maximum atomic E-state index is 12.6. The zero-order valence-electron chi connectivity index (χ0n) is 12.2. The van der Waals surface area contributed by atoms with E-state index in [4.69, 9.17) is 0 Å². The molecule has 0 amide bonds. The van der Waals surface area contributed by atoms with E-state index in [-0.39, 0.29) is 16.1 Å². The van der Waals surface area contributed by atoms with Gasteiger partial charge in [0.25, 0.3) is 0 Å². The Morgan fingerprint density at radius 3 is 2.30 bits per heavy atom. The van der Waals surface area contributed by atoms with Crippen molar-refractivity contribution in [3.63, 3.8) is 0 Å². The van der Waals surface area contributed by atoms with Gasteiger partial charge in [-0.1, -0.05) is 26.0 Å². The van der Waals surface area contributed by atoms with E-state index in [1.54, 1.807) is 16.4 Å². The fourth-order valence-electron chi connectivity index (χ4n) is 2.59. The van der Waals surface area contributed by atoms with Gasteiger partial charge in [0.2, 0.25) is 10.0 Å². The van der Waals surface area contributed by atoms with Gasteiger partial charge < -0.3 is 0 Å². The Hall–Kier alpha value is -1.20. The first-order valence-electron chi connectivity index (χ1n) is 6.84. The average molecular weight is 295 g/mol. The molecule has 0 aromatic heterocycles. The first-order chi connectivity index (χ1) is 9.22. The molecule has 20 heavy (non-hydrogen) atoms. The van der Waals surface area contributed by atoms with Gasteiger partial charge in [-0.15, -0.1) is 0 Å². The summed E-state index contributed by atoms with van der Waals surface area (Å²) in [6.07, 6.45) is 1.93. The summed E-state index contributed by atoms with van der Waals surface area (Å²) in [6, 6.07) is 6.19. The number of hydrogen-bond acceptors (Lipinski definition) is 3. The summed E-state index contributed by atoms with van der Waals surface area (Å²) in [5.41, 5.74) is 0.549. The molecule has 110 valence electrons. The van der Waals surface area contributed by atoms with Crippen LogP contribution in [0.3, 0.4) is 0 Å². The highest BCUT2D eigenvalue weighted by molar-refractivity contribution is 7.89. The lowest BCUT2D eigenvalue weighted by Gasteiger charge is -2.37. The smallest absolute Gasteiger partial charge is 0.243 e. The Kier molecular flexibility index (Phi) is 4.02. The van der Waals surface area contributed by atoms with E-state index in [0.717, 1.165) is 12.8 Å². The van der Waals surface area contributed by atoms with Crippen molar-refractivity contribution in [3.8, 4) is 0 Å². The molecule has 1 saturated heterocycles. The van der Waals surface area contributed by atoms with E-state index < -0.39 is 10.0 Å². The van der Waals surface area contributed by atoms with Crippen molar-refractivity contribution < 1.29 is 13.2 Å². The fourth-order valence-corrected chi connectivity index (χ4v) is 4.25. The van der Waals surface area contributed by atoms with Crippen LogP contribution in [0, 0.1) is 5.41 Å². The lowest BCUT2D eigenvalue weighted by Crippen LogP contribution is -2.43. The molecule has 0 aliphatic carbocycles. The second-order valence-electron chi connectivity index (χ2n) is 6.19. The molecule has 1 heterocycles. The minimum absolute atomic E-state index is 0.0185. The number of piperidine rings is 1. The molecule has 1 aromatic carbocycles. The zero-order chi connectivity index (χ0) is 15.0. The Balaban J connectivity index is 2.28. The molecule has 4 nitrogen and oxygen atoms in total. The molecule has 1 fully saturated rings. The Morgan fingerprint density at radius 2 is 1.80 bits per heavy atom. The van der Waals surface area contributed by atoms with Gasteiger partial charge in [0.05, 0.1) is 4.90 Å². The monoisotopic (exact) mass is 295 g/mol. The topological polar surface area (TPSA) is 54.5 Å². The fraction of sp³-hybridized carbons (Fsp3) is 0.533. The molecule has 0 N–H and O–H groups in total. The molecule has 2 rings (SSSR count). The molecule has 0 radical (unpaired) electrons. The number of nitrogens with zero attached hydrogens (tertiary/aromatic N) is 1. The van der Waals surface area contributed by atoms with Gasteiger partial charge in [0.15, 0.2) is 5.78 Å². The molecule has 0 saturated carbocycles. The number of sulfonamides is 1. The van der Waals surface area contributed by atoms with Crippen molar-refractivity contribution in [3.05, 3.63) is 29.8 Å². The van der Waals surface area contributed by atoms with Gasteiger partial charge >= 0.3 is 0 Å². The third-order valence-corrected chi connectivity index (χ3v) is 5.62. The van der Waals surface area contributed by atoms with Gasteiger partial charge in [0.1, 0.15) is 0 Å². The minimum atomic E-state index is -3.45. The molecule has 1 aliphatic rings. The number of rotatable bonds is 3. The number of carbonyl (C=O) groups is 1. The SMILES string of the molecule is CC(=O)c1ccc(S(=O)(=O)N2CCCC(C)(C)C2)cc1. The van der Waals surface area contributed by atoms with Gasteiger partial charge in [-0.05, 0) is 37.3 Å². The normalized spacial score (nSPS) is 19.8. The molecule has 0 unspecified atom stereocenters. The molecular formula is C15H21NO3S. The van der Waals surface area contributed by atoms with Crippen molar-refractivity contribution in [2.75, 3.05) is 13.1 Å². The number of hydrogen-bond donors (Lipinski definition) is 0. The highest BCUT2D eigenvalue weighted by Crippen LogP contribution is 2.31. The van der Waals surface area contributed by atoms with Crippen LogP contribution in [0.15, 0.2) is 29.2 Å². The Morgan fingerprint density at radius 1 is 1.20 bits per heavy atom. The largest absolute Gasteiger partial charge is 0.295 e. The van der Waals surface area contributed by atoms with Gasteiger partial charge in [0, 0.05) is 18.7 Å². The van der Waals surface area contributed by atoms with E-state index in [9.17, 15) is 13.2 Å². The molecule has 0 atom stereocenters. The van der Waals surface area contributed by atoms with Gasteiger partial charge in [-0.2, -0.15) is 4.31 Å². The van der Waals surface area contributed by atoms with Crippen LogP contribution in [0.4, 0.5) is 0 Å². The van der Waals surface area contributed by atoms with Crippen molar-refractivity contribution in [1.29, 1.82) is 0 Å². The maximum absolute atomic E-state index is 12.6. The van der Waals surface area contributed by atoms with Crippen molar-refractivity contribution >= 4 is 15.8 Å². The summed E-state index contributed by atoms with van der Waals surface area (Å²) in [6.45, 7) is 6.77. The molecule has 1 aliphatic heterocycles. The van der Waals surface area contributed by atoms with Crippen molar-refractivity contribution in [1.82, 2.24) is 4.31 Å². The highest BCUT2D eigenvalue weighted by atomic mass is 32.2. The molecule has 0 spiro atoms. The van der Waals surface area contributed by atoms with E-state index in [0.29, 0.717) is 18.7 Å². The van der Waals surface area contributed by atoms with Crippen LogP contribution in [0.5, 0.6) is 0 Å². The summed E-state index contributed by atoms with van der Waals surface area (Å²) >= 11 is 0. The van der Waals surface area contributed by atoms with Gasteiger partial charge in [-0.25, -0.2) is 8.42 Å². The van der Waals surface area contributed by atoms with Crippen molar-refractivity contribution in [2.24, 2.45) is 5.41 Å². The van der Waals surface area contributed by atoms with E-state index in [1.165, 1.54) is 19.1 Å². The molecular weight excluding hydrogens is 274 g/mol. The summed E-state index contributed by atoms with van der Waals surface area (Å²) in [5.74, 6) is -0.0620. The van der Waals surface area contributed by atoms with E-state index in [1.807, 2.05) is 0 Å². The quantitative estimate of drug-likeness (QED) is 0.806. The maximum Gasteiger partial charge on any atom is 0.243 e. The second kappa shape index (κ2) is 5.30. The third-order valence-electron chi connectivity index (χ3n) is 3.76. The van der Waals surface area contributed by atoms with Crippen LogP contribution in [0.1, 0.15) is 44.0 Å². The lowest BCUT2D eigenvalue weighted by atomic mass is 9.85. The number of benzene rings is 1. The Labute approximate surface area is 120 Å². The number of carbonyl (C=O) groups excluding carboxylic acids is 1. The summed E-state index contributed by atoms with van der Waals surface area (Å²) in [4.78, 5) is 11.5. The first-order valence-corrected chi connectivity index (χ1v) is 8.28. The summed E-state index contributed by atoms with van der Waals surface area (Å²) < 4.78 is 26.7. The number of Topliss-reactive ketones (excluding diaryl/α,β-unsaturated/α-hetero) is 1. The zero-order valence-corrected chi connectivity index (χ0v) is 13.0. The van der Waals surface area contributed by atoms with E-state index in [2.05, 4.69) is 13.8 Å². The molecule has 0 bridgehead atoms. The summed E-state index contributed by atoms with van der Waals surface area (Å²) in [7, 11) is -3.45. The lowest BCUT2D eigenvalue weighted by molar-refractivity contribution is 0.101. The minimum Gasteiger partial charge on any atom is -0.295 e. The van der Waals surface area contributed by atoms with Gasteiger partial charge in [-0.3, -0.25) is 4.79 Å². The van der Waals surface area contributed by atoms with Crippen LogP contribution in [-0.2, 0) is 10.0 Å². The average Bonchev–Trinajstić information content (AvgIpc) is 2.37.